The summed E-state index contributed by atoms with van der Waals surface area (Å²) >= 11 is 0. The van der Waals surface area contributed by atoms with Crippen molar-refractivity contribution in [3.05, 3.63) is 29.8 Å². The highest BCUT2D eigenvalue weighted by Gasteiger charge is 2.24. The van der Waals surface area contributed by atoms with Crippen molar-refractivity contribution >= 4 is 5.69 Å². The second-order valence-electron chi connectivity index (χ2n) is 6.36. The normalized spacial score (nSPS) is 21.7. The monoisotopic (exact) mass is 294 g/mol. The van der Waals surface area contributed by atoms with E-state index in [0.29, 0.717) is 13.1 Å². The van der Waals surface area contributed by atoms with Gasteiger partial charge in [-0.05, 0) is 30.9 Å². The number of anilines is 1. The van der Waals surface area contributed by atoms with E-state index in [-0.39, 0.29) is 5.69 Å². The number of para-hydroxylation sites is 1. The first-order valence-corrected chi connectivity index (χ1v) is 8.15. The molecule has 3 rings (SSSR count). The zero-order valence-corrected chi connectivity index (χ0v) is 12.5. The third-order valence-corrected chi connectivity index (χ3v) is 4.87. The van der Waals surface area contributed by atoms with Gasteiger partial charge in [-0.2, -0.15) is 0 Å². The molecule has 4 heteroatoms. The molecule has 0 amide bonds. The highest BCUT2D eigenvalue weighted by Crippen LogP contribution is 2.27. The zero-order chi connectivity index (χ0) is 14.7. The standard InChI is InChI=1S/C17H24F2N2/c18-15-7-4-8-16(19)17(15)21-11-9-20(10-12-21)13-14-5-2-1-3-6-14/h4,7-8,14H,1-3,5-6,9-13H2. The van der Waals surface area contributed by atoms with Crippen molar-refractivity contribution < 1.29 is 8.78 Å². The summed E-state index contributed by atoms with van der Waals surface area (Å²) < 4.78 is 27.6. The summed E-state index contributed by atoms with van der Waals surface area (Å²) in [6.07, 6.45) is 6.82. The molecule has 0 aromatic heterocycles. The van der Waals surface area contributed by atoms with Crippen LogP contribution in [-0.4, -0.2) is 37.6 Å². The summed E-state index contributed by atoms with van der Waals surface area (Å²) in [5.74, 6) is -0.0676. The smallest absolute Gasteiger partial charge is 0.149 e. The minimum absolute atomic E-state index is 0.148. The number of nitrogens with zero attached hydrogens (tertiary/aromatic N) is 2. The molecule has 2 aliphatic rings. The van der Waals surface area contributed by atoms with Gasteiger partial charge in [-0.15, -0.1) is 0 Å². The van der Waals surface area contributed by atoms with Gasteiger partial charge in [0.05, 0.1) is 0 Å². The summed E-state index contributed by atoms with van der Waals surface area (Å²) in [5.41, 5.74) is 0.148. The molecule has 0 bridgehead atoms. The quantitative estimate of drug-likeness (QED) is 0.839. The lowest BCUT2D eigenvalue weighted by atomic mass is 9.89. The van der Waals surface area contributed by atoms with E-state index >= 15 is 0 Å². The van der Waals surface area contributed by atoms with Crippen molar-refractivity contribution in [1.29, 1.82) is 0 Å². The third-order valence-electron chi connectivity index (χ3n) is 4.87. The second kappa shape index (κ2) is 6.73. The zero-order valence-electron chi connectivity index (χ0n) is 12.5. The molecular weight excluding hydrogens is 270 g/mol. The molecule has 0 unspecified atom stereocenters. The molecule has 0 atom stereocenters. The van der Waals surface area contributed by atoms with Gasteiger partial charge >= 0.3 is 0 Å². The molecule has 0 N–H and O–H groups in total. The van der Waals surface area contributed by atoms with E-state index in [1.54, 1.807) is 0 Å². The first-order chi connectivity index (χ1) is 10.2. The van der Waals surface area contributed by atoms with Crippen molar-refractivity contribution in [1.82, 2.24) is 4.90 Å². The van der Waals surface area contributed by atoms with E-state index in [0.717, 1.165) is 25.6 Å². The van der Waals surface area contributed by atoms with E-state index < -0.39 is 11.6 Å². The highest BCUT2D eigenvalue weighted by atomic mass is 19.1. The first-order valence-electron chi connectivity index (χ1n) is 8.15. The summed E-state index contributed by atoms with van der Waals surface area (Å²) in [7, 11) is 0. The molecule has 2 nitrogen and oxygen atoms in total. The molecule has 2 fully saturated rings. The number of halogens is 2. The molecule has 0 spiro atoms. The van der Waals surface area contributed by atoms with Crippen molar-refractivity contribution in [3.63, 3.8) is 0 Å². The summed E-state index contributed by atoms with van der Waals surface area (Å²) in [5, 5.41) is 0. The maximum absolute atomic E-state index is 13.8. The Kier molecular flexibility index (Phi) is 4.73. The molecule has 1 saturated carbocycles. The lowest BCUT2D eigenvalue weighted by Crippen LogP contribution is -2.48. The number of hydrogen-bond acceptors (Lipinski definition) is 2. The molecule has 1 saturated heterocycles. The van der Waals surface area contributed by atoms with Crippen molar-refractivity contribution in [2.45, 2.75) is 32.1 Å². The van der Waals surface area contributed by atoms with Crippen LogP contribution in [0.25, 0.3) is 0 Å². The molecule has 116 valence electrons. The number of rotatable bonds is 3. The van der Waals surface area contributed by atoms with E-state index in [1.807, 2.05) is 4.90 Å². The Balaban J connectivity index is 1.55. The minimum Gasteiger partial charge on any atom is -0.364 e. The van der Waals surface area contributed by atoms with Gasteiger partial charge in [-0.1, -0.05) is 25.3 Å². The van der Waals surface area contributed by atoms with Crippen LogP contribution in [0, 0.1) is 17.6 Å². The molecular formula is C17H24F2N2. The third kappa shape index (κ3) is 3.54. The number of hydrogen-bond donors (Lipinski definition) is 0. The van der Waals surface area contributed by atoms with Crippen LogP contribution in [0.3, 0.4) is 0 Å². The van der Waals surface area contributed by atoms with Gasteiger partial charge in [0.2, 0.25) is 0 Å². The largest absolute Gasteiger partial charge is 0.364 e. The molecule has 0 radical (unpaired) electrons. The Morgan fingerprint density at radius 1 is 0.905 bits per heavy atom. The van der Waals surface area contributed by atoms with Crippen LogP contribution >= 0.6 is 0 Å². The predicted octanol–water partition coefficient (Wildman–Crippen LogP) is 3.67. The van der Waals surface area contributed by atoms with Gasteiger partial charge in [-0.25, -0.2) is 8.78 Å². The fourth-order valence-electron chi connectivity index (χ4n) is 3.68. The molecule has 1 aromatic rings. The van der Waals surface area contributed by atoms with Gasteiger partial charge in [0.1, 0.15) is 17.3 Å². The minimum atomic E-state index is -0.448. The maximum atomic E-state index is 13.8. The molecule has 1 aromatic carbocycles. The van der Waals surface area contributed by atoms with Gasteiger partial charge < -0.3 is 4.90 Å². The Hall–Kier alpha value is -1.16. The van der Waals surface area contributed by atoms with E-state index in [9.17, 15) is 8.78 Å². The van der Waals surface area contributed by atoms with Gasteiger partial charge in [0.25, 0.3) is 0 Å². The molecule has 1 aliphatic heterocycles. The fraction of sp³-hybridized carbons (Fsp3) is 0.647. The van der Waals surface area contributed by atoms with Gasteiger partial charge in [-0.3, -0.25) is 4.90 Å². The Morgan fingerprint density at radius 2 is 1.52 bits per heavy atom. The van der Waals surface area contributed by atoms with Crippen molar-refractivity contribution in [2.24, 2.45) is 5.92 Å². The highest BCUT2D eigenvalue weighted by molar-refractivity contribution is 5.49. The lowest BCUT2D eigenvalue weighted by Gasteiger charge is -2.38. The Bertz CT molecular complexity index is 444. The van der Waals surface area contributed by atoms with Crippen LogP contribution < -0.4 is 4.90 Å². The topological polar surface area (TPSA) is 6.48 Å². The Labute approximate surface area is 125 Å². The van der Waals surface area contributed by atoms with Crippen molar-refractivity contribution in [2.75, 3.05) is 37.6 Å². The molecule has 1 aliphatic carbocycles. The van der Waals surface area contributed by atoms with Gasteiger partial charge in [0.15, 0.2) is 0 Å². The Morgan fingerprint density at radius 3 is 2.14 bits per heavy atom. The predicted molar refractivity (Wildman–Crippen MR) is 81.6 cm³/mol. The first kappa shape index (κ1) is 14.8. The number of benzene rings is 1. The SMILES string of the molecule is Fc1cccc(F)c1N1CCN(CC2CCCCC2)CC1. The van der Waals surface area contributed by atoms with Gasteiger partial charge in [0, 0.05) is 32.7 Å². The van der Waals surface area contributed by atoms with E-state index in [2.05, 4.69) is 4.90 Å². The lowest BCUT2D eigenvalue weighted by molar-refractivity contribution is 0.191. The van der Waals surface area contributed by atoms with Crippen LogP contribution in [0.1, 0.15) is 32.1 Å². The van der Waals surface area contributed by atoms with Crippen LogP contribution in [0.5, 0.6) is 0 Å². The molecule has 1 heterocycles. The van der Waals surface area contributed by atoms with Crippen LogP contribution in [0.2, 0.25) is 0 Å². The van der Waals surface area contributed by atoms with Crippen LogP contribution in [0.4, 0.5) is 14.5 Å². The summed E-state index contributed by atoms with van der Waals surface area (Å²) in [6.45, 7) is 4.40. The summed E-state index contributed by atoms with van der Waals surface area (Å²) in [6, 6.07) is 4.10. The second-order valence-corrected chi connectivity index (χ2v) is 6.36. The molecule has 21 heavy (non-hydrogen) atoms. The van der Waals surface area contributed by atoms with Crippen LogP contribution in [0.15, 0.2) is 18.2 Å². The fourth-order valence-corrected chi connectivity index (χ4v) is 3.68. The van der Waals surface area contributed by atoms with Crippen LogP contribution in [-0.2, 0) is 0 Å². The summed E-state index contributed by atoms with van der Waals surface area (Å²) in [4.78, 5) is 4.31. The van der Waals surface area contributed by atoms with E-state index in [1.165, 1.54) is 50.3 Å². The maximum Gasteiger partial charge on any atom is 0.149 e. The average molecular weight is 294 g/mol. The number of piperazine rings is 1. The van der Waals surface area contributed by atoms with Crippen molar-refractivity contribution in [3.8, 4) is 0 Å². The van der Waals surface area contributed by atoms with E-state index in [4.69, 9.17) is 0 Å². The average Bonchev–Trinajstić information content (AvgIpc) is 2.50.